The second-order valence-corrected chi connectivity index (χ2v) is 6.34. The van der Waals surface area contributed by atoms with Gasteiger partial charge in [0, 0.05) is 12.1 Å². The molecular formula is C18H11F6N5O4. The lowest BCUT2D eigenvalue weighted by molar-refractivity contribution is -0.385. The number of aromatic nitrogens is 3. The third-order valence-electron chi connectivity index (χ3n) is 4.10. The predicted octanol–water partition coefficient (Wildman–Crippen LogP) is 4.23. The first kappa shape index (κ1) is 23.5. The van der Waals surface area contributed by atoms with Crippen LogP contribution in [0.25, 0.3) is 5.69 Å². The monoisotopic (exact) mass is 475 g/mol. The highest BCUT2D eigenvalue weighted by Gasteiger charge is 2.36. The number of amides is 1. The zero-order valence-corrected chi connectivity index (χ0v) is 16.0. The van der Waals surface area contributed by atoms with Gasteiger partial charge in [-0.1, -0.05) is 0 Å². The Hall–Kier alpha value is -4.17. The Morgan fingerprint density at radius 1 is 1.09 bits per heavy atom. The highest BCUT2D eigenvalue weighted by molar-refractivity contribution is 5.94. The van der Waals surface area contributed by atoms with E-state index >= 15 is 0 Å². The minimum atomic E-state index is -5.03. The lowest BCUT2D eigenvalue weighted by Gasteiger charge is -2.16. The number of nitro benzene ring substituents is 1. The maximum absolute atomic E-state index is 13.2. The molecule has 0 fully saturated rings. The quantitative estimate of drug-likeness (QED) is 0.325. The van der Waals surface area contributed by atoms with Crippen molar-refractivity contribution in [1.82, 2.24) is 14.8 Å². The van der Waals surface area contributed by atoms with Crippen molar-refractivity contribution in [2.24, 2.45) is 0 Å². The summed E-state index contributed by atoms with van der Waals surface area (Å²) in [6.07, 6.45) is -7.52. The van der Waals surface area contributed by atoms with Gasteiger partial charge in [-0.25, -0.2) is 9.67 Å². The van der Waals surface area contributed by atoms with Crippen LogP contribution in [0.5, 0.6) is 5.75 Å². The van der Waals surface area contributed by atoms with Gasteiger partial charge in [0.05, 0.1) is 21.9 Å². The minimum Gasteiger partial charge on any atom is -0.483 e. The normalized spacial score (nSPS) is 11.8. The number of non-ortho nitro benzene ring substituents is 1. The predicted molar refractivity (Wildman–Crippen MR) is 98.6 cm³/mol. The van der Waals surface area contributed by atoms with Crippen LogP contribution in [0.3, 0.4) is 0 Å². The summed E-state index contributed by atoms with van der Waals surface area (Å²) < 4.78 is 84.7. The molecule has 2 aromatic carbocycles. The number of hydrogen-bond donors (Lipinski definition) is 1. The van der Waals surface area contributed by atoms with Gasteiger partial charge in [0.25, 0.3) is 11.6 Å². The zero-order chi connectivity index (χ0) is 24.4. The van der Waals surface area contributed by atoms with Crippen LogP contribution in [0.4, 0.5) is 37.7 Å². The lowest BCUT2D eigenvalue weighted by atomic mass is 10.1. The molecule has 174 valence electrons. The summed E-state index contributed by atoms with van der Waals surface area (Å²) >= 11 is 0. The Morgan fingerprint density at radius 3 is 2.39 bits per heavy atom. The van der Waals surface area contributed by atoms with Gasteiger partial charge in [-0.15, -0.1) is 0 Å². The Kier molecular flexibility index (Phi) is 6.23. The average molecular weight is 475 g/mol. The van der Waals surface area contributed by atoms with Crippen molar-refractivity contribution in [2.45, 2.75) is 12.4 Å². The molecule has 1 aromatic heterocycles. The number of rotatable bonds is 6. The molecular weight excluding hydrogens is 464 g/mol. The van der Waals surface area contributed by atoms with Crippen LogP contribution in [0.15, 0.2) is 49.1 Å². The molecule has 0 unspecified atom stereocenters. The van der Waals surface area contributed by atoms with E-state index in [1.54, 1.807) is 0 Å². The van der Waals surface area contributed by atoms with Crippen molar-refractivity contribution in [2.75, 3.05) is 11.9 Å². The maximum Gasteiger partial charge on any atom is 0.420 e. The van der Waals surface area contributed by atoms with E-state index in [9.17, 15) is 41.3 Å². The molecule has 0 saturated carbocycles. The van der Waals surface area contributed by atoms with Gasteiger partial charge in [0.15, 0.2) is 6.61 Å². The highest BCUT2D eigenvalue weighted by atomic mass is 19.4. The zero-order valence-electron chi connectivity index (χ0n) is 16.0. The van der Waals surface area contributed by atoms with Gasteiger partial charge < -0.3 is 10.1 Å². The molecule has 3 aromatic rings. The summed E-state index contributed by atoms with van der Waals surface area (Å²) in [5.41, 5.74) is -3.80. The molecule has 33 heavy (non-hydrogen) atoms. The number of hydrogen-bond acceptors (Lipinski definition) is 6. The van der Waals surface area contributed by atoms with Crippen molar-refractivity contribution in [3.8, 4) is 11.4 Å². The van der Waals surface area contributed by atoms with Crippen molar-refractivity contribution >= 4 is 17.3 Å². The summed E-state index contributed by atoms with van der Waals surface area (Å²) in [4.78, 5) is 25.6. The number of carbonyl (C=O) groups is 1. The van der Waals surface area contributed by atoms with Crippen molar-refractivity contribution in [3.63, 3.8) is 0 Å². The molecule has 0 radical (unpaired) electrons. The molecule has 0 spiro atoms. The molecule has 1 heterocycles. The molecule has 0 atom stereocenters. The molecule has 1 amide bonds. The number of nitro groups is 1. The number of nitrogens with zero attached hydrogens (tertiary/aromatic N) is 4. The second kappa shape index (κ2) is 8.76. The van der Waals surface area contributed by atoms with Crippen molar-refractivity contribution in [1.29, 1.82) is 0 Å². The van der Waals surface area contributed by atoms with Gasteiger partial charge >= 0.3 is 12.4 Å². The first-order chi connectivity index (χ1) is 15.4. The molecule has 15 heteroatoms. The SMILES string of the molecule is O=C(COc1ccc([N+](=O)[O-])cc1C(F)(F)F)Nc1cc(C(F)(F)F)ccc1-n1cncn1. The first-order valence-corrected chi connectivity index (χ1v) is 8.71. The van der Waals surface area contributed by atoms with E-state index in [2.05, 4.69) is 15.4 Å². The minimum absolute atomic E-state index is 0.000154. The summed E-state index contributed by atoms with van der Waals surface area (Å²) in [5.74, 6) is -1.97. The van der Waals surface area contributed by atoms with E-state index in [0.29, 0.717) is 12.1 Å². The van der Waals surface area contributed by atoms with Gasteiger partial charge in [-0.05, 0) is 24.3 Å². The Bertz CT molecular complexity index is 1180. The molecule has 1 N–H and O–H groups in total. The van der Waals surface area contributed by atoms with Crippen molar-refractivity contribution in [3.05, 3.63) is 70.3 Å². The molecule has 0 aliphatic carbocycles. The fraction of sp³-hybridized carbons (Fsp3) is 0.167. The smallest absolute Gasteiger partial charge is 0.420 e. The van der Waals surface area contributed by atoms with E-state index in [-0.39, 0.29) is 17.4 Å². The molecule has 0 aliphatic rings. The summed E-state index contributed by atoms with van der Waals surface area (Å²) in [6.45, 7) is -1.03. The van der Waals surface area contributed by atoms with E-state index < -0.39 is 52.4 Å². The van der Waals surface area contributed by atoms with Crippen LogP contribution in [-0.2, 0) is 17.1 Å². The van der Waals surface area contributed by atoms with Crippen LogP contribution in [0, 0.1) is 10.1 Å². The third-order valence-corrected chi connectivity index (χ3v) is 4.10. The number of nitrogens with one attached hydrogen (secondary N) is 1. The third kappa shape index (κ3) is 5.55. The molecule has 9 nitrogen and oxygen atoms in total. The summed E-state index contributed by atoms with van der Waals surface area (Å²) in [5, 5.41) is 16.6. The molecule has 0 saturated heterocycles. The van der Waals surface area contributed by atoms with E-state index in [4.69, 9.17) is 4.74 Å². The van der Waals surface area contributed by atoms with Crippen molar-refractivity contribution < 1.29 is 40.8 Å². The molecule has 0 bridgehead atoms. The van der Waals surface area contributed by atoms with Crippen LogP contribution in [0.2, 0.25) is 0 Å². The van der Waals surface area contributed by atoms with Crippen LogP contribution >= 0.6 is 0 Å². The number of alkyl halides is 6. The largest absolute Gasteiger partial charge is 0.483 e. The Labute approximate surface area is 179 Å². The van der Waals surface area contributed by atoms with Crippen LogP contribution in [-0.4, -0.2) is 32.2 Å². The Balaban J connectivity index is 1.84. The number of anilines is 1. The fourth-order valence-electron chi connectivity index (χ4n) is 2.65. The van der Waals surface area contributed by atoms with Crippen LogP contribution < -0.4 is 10.1 Å². The number of carbonyl (C=O) groups excluding carboxylic acids is 1. The summed E-state index contributed by atoms with van der Waals surface area (Å²) in [7, 11) is 0. The number of halogens is 6. The van der Waals surface area contributed by atoms with E-state index in [1.165, 1.54) is 0 Å². The second-order valence-electron chi connectivity index (χ2n) is 6.34. The standard InChI is InChI=1S/C18H11F6N5O4/c19-17(20,21)10-1-3-14(28-9-25-8-26-28)13(5-10)27-16(30)7-33-15-4-2-11(29(31)32)6-12(15)18(22,23)24/h1-6,8-9H,7H2,(H,27,30). The molecule has 0 aliphatic heterocycles. The van der Waals surface area contributed by atoms with Gasteiger partial charge in [-0.2, -0.15) is 31.4 Å². The maximum atomic E-state index is 13.2. The van der Waals surface area contributed by atoms with Gasteiger partial charge in [0.1, 0.15) is 24.0 Å². The highest BCUT2D eigenvalue weighted by Crippen LogP contribution is 2.38. The summed E-state index contributed by atoms with van der Waals surface area (Å²) in [6, 6.07) is 4.03. The molecule has 3 rings (SSSR count). The Morgan fingerprint density at radius 2 is 1.82 bits per heavy atom. The van der Waals surface area contributed by atoms with Gasteiger partial charge in [0.2, 0.25) is 0 Å². The number of ether oxygens (including phenoxy) is 1. The fourth-order valence-corrected chi connectivity index (χ4v) is 2.65. The lowest BCUT2D eigenvalue weighted by Crippen LogP contribution is -2.22. The van der Waals surface area contributed by atoms with E-state index in [0.717, 1.165) is 35.5 Å². The van der Waals surface area contributed by atoms with E-state index in [1.807, 2.05) is 0 Å². The average Bonchev–Trinajstić information content (AvgIpc) is 3.25. The number of benzene rings is 2. The topological polar surface area (TPSA) is 112 Å². The first-order valence-electron chi connectivity index (χ1n) is 8.71. The van der Waals surface area contributed by atoms with Gasteiger partial charge in [-0.3, -0.25) is 14.9 Å². The van der Waals surface area contributed by atoms with Crippen LogP contribution in [0.1, 0.15) is 11.1 Å².